The summed E-state index contributed by atoms with van der Waals surface area (Å²) >= 11 is 0. The van der Waals surface area contributed by atoms with E-state index in [0.717, 1.165) is 0 Å². The Morgan fingerprint density at radius 2 is 1.79 bits per heavy atom. The van der Waals surface area contributed by atoms with Gasteiger partial charge < -0.3 is 29.9 Å². The predicted molar refractivity (Wildman–Crippen MR) is 116 cm³/mol. The molecule has 33 heavy (non-hydrogen) atoms. The van der Waals surface area contributed by atoms with Crippen LogP contribution in [-0.4, -0.2) is 73.3 Å². The summed E-state index contributed by atoms with van der Waals surface area (Å²) in [5.74, 6) is -3.51. The summed E-state index contributed by atoms with van der Waals surface area (Å²) in [6.45, 7) is 12.1. The fourth-order valence-corrected chi connectivity index (χ4v) is 6.89. The average molecular weight is 473 g/mol. The number of rotatable bonds is 5. The maximum absolute atomic E-state index is 13.7. The van der Waals surface area contributed by atoms with E-state index in [1.807, 2.05) is 13.8 Å². The number of ether oxygens (including phenoxy) is 2. The molecule has 9 nitrogen and oxygen atoms in total. The number of carboxylic acids is 1. The third-order valence-corrected chi connectivity index (χ3v) is 8.53. The number of hydrogen-bond donors (Lipinski definition) is 4. The number of aliphatic carboxylic acids is 1. The lowest BCUT2D eigenvalue weighted by Gasteiger charge is -2.71. The Bertz CT molecular complexity index is 868. The van der Waals surface area contributed by atoms with Gasteiger partial charge in [-0.3, -0.25) is 14.4 Å². The average Bonchev–Trinajstić information content (AvgIpc) is 2.70. The zero-order chi connectivity index (χ0) is 25.2. The Morgan fingerprint density at radius 3 is 2.33 bits per heavy atom. The fourth-order valence-electron chi connectivity index (χ4n) is 6.89. The topological polar surface area (TPSA) is 151 Å². The minimum absolute atomic E-state index is 0.214. The van der Waals surface area contributed by atoms with Crippen molar-refractivity contribution in [1.82, 2.24) is 0 Å². The van der Waals surface area contributed by atoms with E-state index in [9.17, 15) is 29.7 Å². The van der Waals surface area contributed by atoms with Gasteiger partial charge in [0, 0.05) is 17.8 Å². The fraction of sp³-hybridized carbons (Fsp3) is 0.792. The predicted octanol–water partition coefficient (Wildman–Crippen LogP) is 1.36. The van der Waals surface area contributed by atoms with Crippen LogP contribution in [0.4, 0.5) is 0 Å². The monoisotopic (exact) mass is 472 g/mol. The van der Waals surface area contributed by atoms with Crippen molar-refractivity contribution in [2.24, 2.45) is 16.7 Å². The summed E-state index contributed by atoms with van der Waals surface area (Å²) in [4.78, 5) is 37.2. The molecule has 8 atom stereocenters. The van der Waals surface area contributed by atoms with Gasteiger partial charge in [-0.25, -0.2) is 0 Å². The van der Waals surface area contributed by atoms with Crippen LogP contribution in [0.15, 0.2) is 12.7 Å². The van der Waals surface area contributed by atoms with Crippen LogP contribution in [0.2, 0.25) is 0 Å². The first kappa shape index (κ1) is 25.8. The van der Waals surface area contributed by atoms with Gasteiger partial charge in [-0.1, -0.05) is 26.8 Å². The lowest BCUT2D eigenvalue weighted by atomic mass is 9.40. The summed E-state index contributed by atoms with van der Waals surface area (Å²) in [5, 5.41) is 44.0. The van der Waals surface area contributed by atoms with Crippen molar-refractivity contribution >= 4 is 17.7 Å². The van der Waals surface area contributed by atoms with Crippen molar-refractivity contribution < 1.29 is 44.3 Å². The lowest BCUT2D eigenvalue weighted by molar-refractivity contribution is -0.370. The van der Waals surface area contributed by atoms with Gasteiger partial charge in [-0.15, -0.1) is 6.58 Å². The molecule has 0 aromatic rings. The molecule has 1 heterocycles. The SMILES string of the molecule is C=C[C@@]1(C)CC(=O)[C@]2(O)[C@@]3(C)[C@@H](O)CCC(C)(C)[C@@H]3[C@H](O)[C@H](O[13C](=O)[13CH2][13CH2][13C](=O)O)[C@@]2(C)O1. The Kier molecular flexibility index (Phi) is 6.15. The van der Waals surface area contributed by atoms with E-state index in [2.05, 4.69) is 6.58 Å². The molecule has 3 rings (SSSR count). The standard InChI is InChI=1S/C24H36O9/c1-7-21(4)12-14(26)24(31)22(5)13(25)10-11-20(2,3)18(22)17(30)19(23(24,6)33-21)32-16(29)9-8-15(27)28/h7,13,17-19,25,30-31H,1,8-12H2,2-6H3,(H,27,28)/t13-,17-,18-,19-,21-,22-,23+,24-/m0/s1/i8+1,9+1,15+1,16+1. The highest BCUT2D eigenvalue weighted by Crippen LogP contribution is 2.67. The van der Waals surface area contributed by atoms with Crippen molar-refractivity contribution in [3.8, 4) is 0 Å². The van der Waals surface area contributed by atoms with E-state index in [-0.39, 0.29) is 6.42 Å². The van der Waals surface area contributed by atoms with Crippen LogP contribution in [0.3, 0.4) is 0 Å². The Hall–Kier alpha value is -1.81. The van der Waals surface area contributed by atoms with Crippen LogP contribution >= 0.6 is 0 Å². The first-order chi connectivity index (χ1) is 15.0. The molecule has 0 unspecified atom stereocenters. The number of esters is 1. The number of carbonyl (C=O) groups excluding carboxylic acids is 2. The van der Waals surface area contributed by atoms with Gasteiger partial charge in [-0.2, -0.15) is 0 Å². The molecular formula is C24H36O9. The molecule has 3 aliphatic rings. The zero-order valence-corrected chi connectivity index (χ0v) is 20.0. The van der Waals surface area contributed by atoms with Crippen molar-refractivity contribution in [3.63, 3.8) is 0 Å². The van der Waals surface area contributed by atoms with Gasteiger partial charge in [0.25, 0.3) is 0 Å². The van der Waals surface area contributed by atoms with Gasteiger partial charge in [-0.05, 0) is 32.1 Å². The van der Waals surface area contributed by atoms with E-state index in [1.165, 1.54) is 13.0 Å². The Balaban J connectivity index is 2.21. The smallest absolute Gasteiger partial charge is 0.306 e. The van der Waals surface area contributed by atoms with Gasteiger partial charge in [0.1, 0.15) is 5.60 Å². The maximum atomic E-state index is 13.7. The molecule has 1 aliphatic heterocycles. The Labute approximate surface area is 193 Å². The number of carboxylic acid groups (broad SMARTS) is 1. The summed E-state index contributed by atoms with van der Waals surface area (Å²) in [6.07, 6.45) is -2.93. The molecule has 0 bridgehead atoms. The molecule has 4 N–H and O–H groups in total. The normalized spacial score (nSPS) is 46.6. The summed E-state index contributed by atoms with van der Waals surface area (Å²) in [7, 11) is 0. The quantitative estimate of drug-likeness (QED) is 0.264. The number of Topliss-reactive ketones (excluding diaryl/α,β-unsaturated/α-hetero) is 1. The molecule has 0 amide bonds. The van der Waals surface area contributed by atoms with Crippen molar-refractivity contribution in [2.75, 3.05) is 0 Å². The number of aliphatic hydroxyl groups excluding tert-OH is 2. The van der Waals surface area contributed by atoms with Crippen LogP contribution in [-0.2, 0) is 23.9 Å². The van der Waals surface area contributed by atoms with Crippen LogP contribution in [0.5, 0.6) is 0 Å². The molecule has 186 valence electrons. The third-order valence-electron chi connectivity index (χ3n) is 8.53. The van der Waals surface area contributed by atoms with E-state index in [4.69, 9.17) is 14.6 Å². The van der Waals surface area contributed by atoms with Gasteiger partial charge >= 0.3 is 11.9 Å². The van der Waals surface area contributed by atoms with Crippen molar-refractivity contribution in [3.05, 3.63) is 12.7 Å². The minimum atomic E-state index is -2.30. The Morgan fingerprint density at radius 1 is 1.18 bits per heavy atom. The molecule has 2 saturated carbocycles. The number of hydrogen-bond acceptors (Lipinski definition) is 8. The number of carbonyl (C=O) groups is 3. The van der Waals surface area contributed by atoms with Gasteiger partial charge in [0.05, 0.1) is 30.7 Å². The van der Waals surface area contributed by atoms with Crippen LogP contribution in [0.1, 0.15) is 66.7 Å². The highest BCUT2D eigenvalue weighted by Gasteiger charge is 2.81. The number of aliphatic hydroxyl groups is 3. The van der Waals surface area contributed by atoms with Crippen LogP contribution in [0, 0.1) is 16.7 Å². The van der Waals surface area contributed by atoms with Gasteiger partial charge in [0.15, 0.2) is 17.5 Å². The summed E-state index contributed by atoms with van der Waals surface area (Å²) in [5.41, 5.74) is -7.60. The van der Waals surface area contributed by atoms with Gasteiger partial charge in [0.2, 0.25) is 0 Å². The second kappa shape index (κ2) is 7.86. The van der Waals surface area contributed by atoms with Crippen molar-refractivity contribution in [2.45, 2.75) is 102 Å². The van der Waals surface area contributed by atoms with Crippen LogP contribution in [0.25, 0.3) is 0 Å². The minimum Gasteiger partial charge on any atom is -0.481 e. The second-order valence-electron chi connectivity index (χ2n) is 11.1. The first-order valence-corrected chi connectivity index (χ1v) is 11.4. The van der Waals surface area contributed by atoms with E-state index in [1.54, 1.807) is 13.8 Å². The van der Waals surface area contributed by atoms with E-state index < -0.39 is 82.4 Å². The molecule has 3 fully saturated rings. The number of ketones is 1. The lowest BCUT2D eigenvalue weighted by Crippen LogP contribution is -2.86. The summed E-state index contributed by atoms with van der Waals surface area (Å²) in [6, 6.07) is 0. The zero-order valence-electron chi connectivity index (χ0n) is 20.0. The molecule has 1 saturated heterocycles. The number of fused-ring (bicyclic) bond motifs is 3. The molecule has 0 radical (unpaired) electrons. The van der Waals surface area contributed by atoms with Crippen molar-refractivity contribution in [1.29, 1.82) is 0 Å². The van der Waals surface area contributed by atoms with E-state index in [0.29, 0.717) is 12.8 Å². The molecule has 2 aliphatic carbocycles. The highest BCUT2D eigenvalue weighted by molar-refractivity contribution is 5.92. The molecule has 0 spiro atoms. The van der Waals surface area contributed by atoms with E-state index >= 15 is 0 Å². The second-order valence-corrected chi connectivity index (χ2v) is 11.1. The van der Waals surface area contributed by atoms with Crippen LogP contribution < -0.4 is 0 Å². The first-order valence-electron chi connectivity index (χ1n) is 11.4. The molecule has 0 aromatic heterocycles. The third kappa shape index (κ3) is 3.47. The molecule has 9 heteroatoms. The summed E-state index contributed by atoms with van der Waals surface area (Å²) < 4.78 is 11.9. The molecule has 0 aromatic carbocycles. The maximum Gasteiger partial charge on any atom is 0.306 e. The highest BCUT2D eigenvalue weighted by atomic mass is 16.7. The molecular weight excluding hydrogens is 436 g/mol. The largest absolute Gasteiger partial charge is 0.481 e.